The van der Waals surface area contributed by atoms with Gasteiger partial charge in [0.1, 0.15) is 6.29 Å². The molecule has 10 nitrogen and oxygen atoms in total. The molecular formula is C19H21ClN4O6S. The van der Waals surface area contributed by atoms with Crippen LogP contribution in [0.3, 0.4) is 0 Å². The summed E-state index contributed by atoms with van der Waals surface area (Å²) in [7, 11) is -3.60. The zero-order chi connectivity index (χ0) is 23.2. The quantitative estimate of drug-likeness (QED) is 0.276. The molecule has 0 saturated heterocycles. The summed E-state index contributed by atoms with van der Waals surface area (Å²) in [6, 6.07) is 9.08. The molecule has 0 spiro atoms. The number of rotatable bonds is 10. The molecule has 31 heavy (non-hydrogen) atoms. The number of non-ortho nitro benzene ring substituents is 1. The highest BCUT2D eigenvalue weighted by molar-refractivity contribution is 7.92. The van der Waals surface area contributed by atoms with Gasteiger partial charge in [-0.15, -0.1) is 0 Å². The van der Waals surface area contributed by atoms with Gasteiger partial charge in [0.15, 0.2) is 0 Å². The fourth-order valence-corrected chi connectivity index (χ4v) is 3.49. The van der Waals surface area contributed by atoms with Crippen molar-refractivity contribution in [3.63, 3.8) is 0 Å². The summed E-state index contributed by atoms with van der Waals surface area (Å²) in [6.07, 6.45) is 1.54. The lowest BCUT2D eigenvalue weighted by molar-refractivity contribution is -0.384. The number of amides is 1. The second-order valence-electron chi connectivity index (χ2n) is 6.83. The number of hydrogen-bond donors (Lipinski definition) is 3. The van der Waals surface area contributed by atoms with Gasteiger partial charge >= 0.3 is 0 Å². The van der Waals surface area contributed by atoms with E-state index in [0.29, 0.717) is 12.0 Å². The van der Waals surface area contributed by atoms with Crippen LogP contribution in [-0.4, -0.2) is 44.4 Å². The highest BCUT2D eigenvalue weighted by Crippen LogP contribution is 2.27. The lowest BCUT2D eigenvalue weighted by Crippen LogP contribution is -2.43. The second kappa shape index (κ2) is 10.2. The molecule has 3 N–H and O–H groups in total. The molecule has 0 radical (unpaired) electrons. The molecule has 12 heteroatoms. The van der Waals surface area contributed by atoms with E-state index in [1.54, 1.807) is 19.1 Å². The molecule has 1 amide bonds. The Kier molecular flexibility index (Phi) is 7.95. The smallest absolute Gasteiger partial charge is 0.271 e. The molecule has 0 aromatic heterocycles. The zero-order valence-corrected chi connectivity index (χ0v) is 18.2. The van der Waals surface area contributed by atoms with E-state index in [2.05, 4.69) is 15.4 Å². The molecule has 166 valence electrons. The van der Waals surface area contributed by atoms with Crippen molar-refractivity contribution in [1.82, 2.24) is 5.32 Å². The number of nitrogens with zero attached hydrogens (tertiary/aromatic N) is 1. The summed E-state index contributed by atoms with van der Waals surface area (Å²) in [5.74, 6) is -1.01. The largest absolute Gasteiger partial charge is 0.383 e. The van der Waals surface area contributed by atoms with Gasteiger partial charge < -0.3 is 15.4 Å². The number of anilines is 2. The van der Waals surface area contributed by atoms with Crippen molar-refractivity contribution in [3.8, 4) is 0 Å². The van der Waals surface area contributed by atoms with Crippen LogP contribution in [0.5, 0.6) is 0 Å². The predicted octanol–water partition coefficient (Wildman–Crippen LogP) is 2.67. The van der Waals surface area contributed by atoms with Crippen molar-refractivity contribution in [2.75, 3.05) is 22.8 Å². The molecule has 0 heterocycles. The summed E-state index contributed by atoms with van der Waals surface area (Å²) < 4.78 is 25.3. The molecule has 0 aliphatic carbocycles. The molecule has 0 fully saturated rings. The number of sulfonamides is 1. The minimum atomic E-state index is -3.60. The van der Waals surface area contributed by atoms with E-state index < -0.39 is 26.9 Å². The second-order valence-corrected chi connectivity index (χ2v) is 8.99. The molecule has 1 unspecified atom stereocenters. The zero-order valence-electron chi connectivity index (χ0n) is 16.7. The lowest BCUT2D eigenvalue weighted by Gasteiger charge is -2.22. The van der Waals surface area contributed by atoms with Gasteiger partial charge in [-0.1, -0.05) is 30.7 Å². The number of hydrogen-bond acceptors (Lipinski definition) is 7. The number of aldehydes is 1. The third-order valence-corrected chi connectivity index (χ3v) is 5.21. The van der Waals surface area contributed by atoms with E-state index >= 15 is 0 Å². The fourth-order valence-electron chi connectivity index (χ4n) is 2.67. The third kappa shape index (κ3) is 6.93. The Labute approximate surface area is 184 Å². The van der Waals surface area contributed by atoms with E-state index in [1.807, 2.05) is 0 Å². The van der Waals surface area contributed by atoms with Crippen LogP contribution in [0.1, 0.15) is 17.3 Å². The van der Waals surface area contributed by atoms with Crippen molar-refractivity contribution in [2.24, 2.45) is 5.92 Å². The number of carbonyl (C=O) groups is 2. The first kappa shape index (κ1) is 24.1. The van der Waals surface area contributed by atoms with E-state index in [1.165, 1.54) is 30.3 Å². The monoisotopic (exact) mass is 468 g/mol. The molecule has 2 aromatic rings. The summed E-state index contributed by atoms with van der Waals surface area (Å²) in [5.41, 5.74) is 0.453. The van der Waals surface area contributed by atoms with Gasteiger partial charge in [0.05, 0.1) is 39.2 Å². The number of nitro groups is 1. The van der Waals surface area contributed by atoms with E-state index in [4.69, 9.17) is 11.6 Å². The first-order valence-corrected chi connectivity index (χ1v) is 11.3. The molecular weight excluding hydrogens is 448 g/mol. The Hall–Kier alpha value is -3.18. The van der Waals surface area contributed by atoms with Gasteiger partial charge in [0.25, 0.3) is 11.6 Å². The summed E-state index contributed by atoms with van der Waals surface area (Å²) >= 11 is 6.04. The highest BCUT2D eigenvalue weighted by atomic mass is 35.5. The SMILES string of the molecule is C[C@H](CNc1ccc([N+](=O)[O-])cc1Cl)C(C=O)NC(=O)c1ccccc1NS(C)(=O)=O. The van der Waals surface area contributed by atoms with Crippen LogP contribution in [0, 0.1) is 16.0 Å². The van der Waals surface area contributed by atoms with Crippen LogP contribution < -0.4 is 15.4 Å². The summed E-state index contributed by atoms with van der Waals surface area (Å²) in [4.78, 5) is 34.4. The van der Waals surface area contributed by atoms with Crippen molar-refractivity contribution in [1.29, 1.82) is 0 Å². The maximum absolute atomic E-state index is 12.6. The number of benzene rings is 2. The van der Waals surface area contributed by atoms with Crippen LogP contribution in [0.4, 0.5) is 17.1 Å². The Morgan fingerprint density at radius 3 is 2.48 bits per heavy atom. The van der Waals surface area contributed by atoms with Gasteiger partial charge in [-0.05, 0) is 18.2 Å². The number of nitrogens with one attached hydrogen (secondary N) is 3. The predicted molar refractivity (Wildman–Crippen MR) is 118 cm³/mol. The molecule has 0 bridgehead atoms. The average Bonchev–Trinajstić information content (AvgIpc) is 2.69. The number of para-hydroxylation sites is 1. The van der Waals surface area contributed by atoms with Gasteiger partial charge in [0, 0.05) is 24.6 Å². The maximum Gasteiger partial charge on any atom is 0.271 e. The van der Waals surface area contributed by atoms with E-state index in [9.17, 15) is 28.1 Å². The minimum absolute atomic E-state index is 0.0679. The average molecular weight is 469 g/mol. The molecule has 0 aliphatic heterocycles. The first-order valence-electron chi connectivity index (χ1n) is 9.02. The third-order valence-electron chi connectivity index (χ3n) is 4.30. The Bertz CT molecular complexity index is 1090. The van der Waals surface area contributed by atoms with Crippen LogP contribution in [0.15, 0.2) is 42.5 Å². The standard InChI is InChI=1S/C19H21ClN4O6S/c1-12(10-21-17-8-7-13(24(27)28)9-15(17)20)18(11-25)22-19(26)14-5-3-4-6-16(14)23-31(2,29)30/h3-9,11-12,18,21,23H,10H2,1-2H3,(H,22,26)/t12-,18?/m1/s1. The van der Waals surface area contributed by atoms with E-state index in [-0.39, 0.29) is 34.4 Å². The number of halogens is 1. The van der Waals surface area contributed by atoms with Crippen molar-refractivity contribution in [2.45, 2.75) is 13.0 Å². The summed E-state index contributed by atoms with van der Waals surface area (Å²) in [5, 5.41) is 16.5. The molecule has 2 rings (SSSR count). The molecule has 2 aromatic carbocycles. The van der Waals surface area contributed by atoms with Crippen LogP contribution in [0.25, 0.3) is 0 Å². The fraction of sp³-hybridized carbons (Fsp3) is 0.263. The number of nitro benzene ring substituents is 1. The Morgan fingerprint density at radius 2 is 1.90 bits per heavy atom. The molecule has 0 aliphatic rings. The van der Waals surface area contributed by atoms with Gasteiger partial charge in [0.2, 0.25) is 10.0 Å². The highest BCUT2D eigenvalue weighted by Gasteiger charge is 2.22. The minimum Gasteiger partial charge on any atom is -0.383 e. The van der Waals surface area contributed by atoms with Crippen LogP contribution in [-0.2, 0) is 14.8 Å². The van der Waals surface area contributed by atoms with Gasteiger partial charge in [-0.2, -0.15) is 0 Å². The van der Waals surface area contributed by atoms with Crippen LogP contribution >= 0.6 is 11.6 Å². The van der Waals surface area contributed by atoms with Crippen molar-refractivity contribution >= 4 is 50.9 Å². The molecule has 2 atom stereocenters. The van der Waals surface area contributed by atoms with Gasteiger partial charge in [-0.3, -0.25) is 19.6 Å². The van der Waals surface area contributed by atoms with Crippen molar-refractivity contribution in [3.05, 3.63) is 63.2 Å². The molecule has 0 saturated carbocycles. The van der Waals surface area contributed by atoms with Crippen LogP contribution in [0.2, 0.25) is 5.02 Å². The van der Waals surface area contributed by atoms with Gasteiger partial charge in [-0.25, -0.2) is 8.42 Å². The maximum atomic E-state index is 12.6. The normalized spacial score (nSPS) is 13.0. The summed E-state index contributed by atoms with van der Waals surface area (Å²) in [6.45, 7) is 1.94. The lowest BCUT2D eigenvalue weighted by atomic mass is 10.0. The Morgan fingerprint density at radius 1 is 1.23 bits per heavy atom. The Balaban J connectivity index is 2.07. The van der Waals surface area contributed by atoms with Crippen molar-refractivity contribution < 1.29 is 22.9 Å². The number of carbonyl (C=O) groups excluding carboxylic acids is 2. The van der Waals surface area contributed by atoms with E-state index in [0.717, 1.165) is 6.26 Å². The topological polar surface area (TPSA) is 148 Å². The first-order chi connectivity index (χ1) is 14.5.